The Balaban J connectivity index is 2.13. The number of hydrogen-bond acceptors (Lipinski definition) is 4. The number of rotatable bonds is 7. The summed E-state index contributed by atoms with van der Waals surface area (Å²) < 4.78 is 0. The quantitative estimate of drug-likeness (QED) is 0.627. The van der Waals surface area contributed by atoms with Crippen molar-refractivity contribution < 1.29 is 19.5 Å². The summed E-state index contributed by atoms with van der Waals surface area (Å²) in [5.41, 5.74) is 0. The Morgan fingerprint density at radius 2 is 2.06 bits per heavy atom. The van der Waals surface area contributed by atoms with Crippen LogP contribution in [-0.4, -0.2) is 36.0 Å². The van der Waals surface area contributed by atoms with Gasteiger partial charge in [0.25, 0.3) is 5.91 Å². The molecular formula is C11H14N2O4S. The molecule has 7 heteroatoms. The summed E-state index contributed by atoms with van der Waals surface area (Å²) in [6.45, 7) is 0.184. The van der Waals surface area contributed by atoms with Crippen LogP contribution in [-0.2, 0) is 9.59 Å². The molecule has 1 rings (SSSR count). The van der Waals surface area contributed by atoms with E-state index in [1.807, 2.05) is 0 Å². The minimum absolute atomic E-state index is 0.0157. The van der Waals surface area contributed by atoms with Crippen molar-refractivity contribution in [3.8, 4) is 0 Å². The zero-order valence-corrected chi connectivity index (χ0v) is 10.5. The average molecular weight is 270 g/mol. The molecular weight excluding hydrogens is 256 g/mol. The first-order valence-electron chi connectivity index (χ1n) is 5.40. The van der Waals surface area contributed by atoms with Gasteiger partial charge in [0, 0.05) is 13.0 Å². The molecule has 3 N–H and O–H groups in total. The number of carboxylic acid groups (broad SMARTS) is 1. The van der Waals surface area contributed by atoms with E-state index in [4.69, 9.17) is 5.11 Å². The zero-order valence-electron chi connectivity index (χ0n) is 9.64. The molecule has 0 bridgehead atoms. The maximum absolute atomic E-state index is 11.5. The van der Waals surface area contributed by atoms with Gasteiger partial charge >= 0.3 is 5.97 Å². The standard InChI is InChI=1S/C11H14N2O4S/c14-9(12-5-1-4-10(15)16)7-13-11(17)8-3-2-6-18-8/h2-3,6H,1,4-5,7H2,(H,12,14)(H,13,17)(H,15,16). The molecule has 0 fully saturated rings. The van der Waals surface area contributed by atoms with Crippen molar-refractivity contribution in [2.75, 3.05) is 13.1 Å². The number of carbonyl (C=O) groups is 3. The number of carboxylic acids is 1. The van der Waals surface area contributed by atoms with E-state index in [-0.39, 0.29) is 24.8 Å². The SMILES string of the molecule is O=C(O)CCCNC(=O)CNC(=O)c1cccs1. The average Bonchev–Trinajstić information content (AvgIpc) is 2.85. The Morgan fingerprint density at radius 1 is 1.28 bits per heavy atom. The lowest BCUT2D eigenvalue weighted by molar-refractivity contribution is -0.137. The molecule has 0 saturated heterocycles. The molecule has 0 radical (unpaired) electrons. The molecule has 0 aromatic carbocycles. The molecule has 2 amide bonds. The molecule has 0 saturated carbocycles. The van der Waals surface area contributed by atoms with E-state index in [1.165, 1.54) is 11.3 Å². The number of nitrogens with one attached hydrogen (secondary N) is 2. The molecule has 0 unspecified atom stereocenters. The lowest BCUT2D eigenvalue weighted by Crippen LogP contribution is -2.37. The van der Waals surface area contributed by atoms with Gasteiger partial charge in [0.05, 0.1) is 11.4 Å². The van der Waals surface area contributed by atoms with Gasteiger partial charge in [-0.3, -0.25) is 14.4 Å². The number of carbonyl (C=O) groups excluding carboxylic acids is 2. The fraction of sp³-hybridized carbons (Fsp3) is 0.364. The topological polar surface area (TPSA) is 95.5 Å². The third-order valence-corrected chi connectivity index (χ3v) is 2.91. The van der Waals surface area contributed by atoms with Crippen molar-refractivity contribution in [2.24, 2.45) is 0 Å². The normalized spacial score (nSPS) is 9.78. The van der Waals surface area contributed by atoms with Crippen molar-refractivity contribution in [3.63, 3.8) is 0 Å². The van der Waals surface area contributed by atoms with Crippen LogP contribution in [0, 0.1) is 0 Å². The van der Waals surface area contributed by atoms with Crippen molar-refractivity contribution in [2.45, 2.75) is 12.8 Å². The molecule has 0 atom stereocenters. The van der Waals surface area contributed by atoms with E-state index in [1.54, 1.807) is 17.5 Å². The molecule has 0 aliphatic rings. The lowest BCUT2D eigenvalue weighted by Gasteiger charge is -2.05. The van der Waals surface area contributed by atoms with E-state index in [9.17, 15) is 14.4 Å². The molecule has 0 aliphatic heterocycles. The summed E-state index contributed by atoms with van der Waals surface area (Å²) in [5.74, 6) is -1.51. The Labute approximate surface area is 108 Å². The van der Waals surface area contributed by atoms with Crippen molar-refractivity contribution in [1.82, 2.24) is 10.6 Å². The Hall–Kier alpha value is -1.89. The molecule has 1 heterocycles. The summed E-state index contributed by atoms with van der Waals surface area (Å²) in [5, 5.41) is 15.2. The van der Waals surface area contributed by atoms with Crippen LogP contribution in [0.3, 0.4) is 0 Å². The van der Waals surface area contributed by atoms with E-state index in [0.717, 1.165) is 0 Å². The van der Waals surface area contributed by atoms with E-state index in [0.29, 0.717) is 17.8 Å². The third-order valence-electron chi connectivity index (χ3n) is 2.04. The highest BCUT2D eigenvalue weighted by molar-refractivity contribution is 7.12. The molecule has 6 nitrogen and oxygen atoms in total. The van der Waals surface area contributed by atoms with Crippen LogP contribution in [0.2, 0.25) is 0 Å². The first-order valence-corrected chi connectivity index (χ1v) is 6.28. The third kappa shape index (κ3) is 5.44. The Kier molecular flexibility index (Phi) is 5.86. The first-order chi connectivity index (χ1) is 8.59. The first kappa shape index (κ1) is 14.2. The van der Waals surface area contributed by atoms with Gasteiger partial charge in [-0.25, -0.2) is 0 Å². The monoisotopic (exact) mass is 270 g/mol. The van der Waals surface area contributed by atoms with Gasteiger partial charge in [0.1, 0.15) is 0 Å². The summed E-state index contributed by atoms with van der Waals surface area (Å²) in [4.78, 5) is 33.5. The summed E-state index contributed by atoms with van der Waals surface area (Å²) in [6, 6.07) is 3.43. The molecule has 18 heavy (non-hydrogen) atoms. The largest absolute Gasteiger partial charge is 0.481 e. The fourth-order valence-electron chi connectivity index (χ4n) is 1.19. The number of hydrogen-bond donors (Lipinski definition) is 3. The fourth-order valence-corrected chi connectivity index (χ4v) is 1.83. The van der Waals surface area contributed by atoms with Crippen molar-refractivity contribution >= 4 is 29.1 Å². The van der Waals surface area contributed by atoms with Crippen LogP contribution in [0.15, 0.2) is 17.5 Å². The van der Waals surface area contributed by atoms with Crippen LogP contribution in [0.25, 0.3) is 0 Å². The number of thiophene rings is 1. The molecule has 0 aliphatic carbocycles. The van der Waals surface area contributed by atoms with Gasteiger partial charge in [-0.05, 0) is 17.9 Å². The summed E-state index contributed by atoms with van der Waals surface area (Å²) in [7, 11) is 0. The van der Waals surface area contributed by atoms with Crippen LogP contribution < -0.4 is 10.6 Å². The second-order valence-electron chi connectivity index (χ2n) is 3.51. The van der Waals surface area contributed by atoms with Crippen LogP contribution in [0.1, 0.15) is 22.5 Å². The minimum Gasteiger partial charge on any atom is -0.481 e. The Morgan fingerprint density at radius 3 is 2.67 bits per heavy atom. The van der Waals surface area contributed by atoms with Crippen molar-refractivity contribution in [3.05, 3.63) is 22.4 Å². The predicted octanol–water partition coefficient (Wildman–Crippen LogP) is 0.459. The van der Waals surface area contributed by atoms with Gasteiger partial charge in [0.15, 0.2) is 0 Å². The second kappa shape index (κ2) is 7.44. The minimum atomic E-state index is -0.893. The summed E-state index contributed by atoms with van der Waals surface area (Å²) in [6.07, 6.45) is 0.391. The van der Waals surface area contributed by atoms with E-state index < -0.39 is 5.97 Å². The highest BCUT2D eigenvalue weighted by atomic mass is 32.1. The lowest BCUT2D eigenvalue weighted by atomic mass is 10.3. The van der Waals surface area contributed by atoms with Crippen molar-refractivity contribution in [1.29, 1.82) is 0 Å². The van der Waals surface area contributed by atoms with Gasteiger partial charge in [-0.15, -0.1) is 11.3 Å². The number of amides is 2. The Bertz CT molecular complexity index is 417. The zero-order chi connectivity index (χ0) is 13.4. The van der Waals surface area contributed by atoms with E-state index >= 15 is 0 Å². The van der Waals surface area contributed by atoms with E-state index in [2.05, 4.69) is 10.6 Å². The number of aliphatic carboxylic acids is 1. The molecule has 1 aromatic heterocycles. The smallest absolute Gasteiger partial charge is 0.303 e. The van der Waals surface area contributed by atoms with Crippen LogP contribution >= 0.6 is 11.3 Å². The maximum atomic E-state index is 11.5. The highest BCUT2D eigenvalue weighted by Crippen LogP contribution is 2.07. The predicted molar refractivity (Wildman–Crippen MR) is 66.5 cm³/mol. The van der Waals surface area contributed by atoms with Crippen LogP contribution in [0.4, 0.5) is 0 Å². The summed E-state index contributed by atoms with van der Waals surface area (Å²) >= 11 is 1.30. The highest BCUT2D eigenvalue weighted by Gasteiger charge is 2.08. The van der Waals surface area contributed by atoms with Gasteiger partial charge in [-0.2, -0.15) is 0 Å². The van der Waals surface area contributed by atoms with Gasteiger partial charge in [0.2, 0.25) is 5.91 Å². The molecule has 1 aromatic rings. The second-order valence-corrected chi connectivity index (χ2v) is 4.45. The van der Waals surface area contributed by atoms with Gasteiger partial charge in [-0.1, -0.05) is 6.07 Å². The molecule has 0 spiro atoms. The molecule has 98 valence electrons. The van der Waals surface area contributed by atoms with Crippen LogP contribution in [0.5, 0.6) is 0 Å². The maximum Gasteiger partial charge on any atom is 0.303 e. The van der Waals surface area contributed by atoms with Gasteiger partial charge < -0.3 is 15.7 Å².